The number of rotatable bonds is 5. The zero-order chi connectivity index (χ0) is 18.4. The molecule has 2 aromatic rings. The average molecular weight is 346 g/mol. The van der Waals surface area contributed by atoms with Crippen LogP contribution in [-0.4, -0.2) is 40.9 Å². The molecular weight excluding hydrogens is 324 g/mol. The molecule has 0 aliphatic heterocycles. The summed E-state index contributed by atoms with van der Waals surface area (Å²) in [5.74, 6) is 1.67. The van der Waals surface area contributed by atoms with E-state index >= 15 is 0 Å². The molecule has 8 heteroatoms. The molecule has 1 amide bonds. The highest BCUT2D eigenvalue weighted by molar-refractivity contribution is 5.84. The molecule has 1 N–H and O–H groups in total. The number of aromatic nitrogens is 3. The highest BCUT2D eigenvalue weighted by atomic mass is 16.6. The fourth-order valence-corrected chi connectivity index (χ4v) is 2.00. The molecule has 0 aliphatic rings. The van der Waals surface area contributed by atoms with E-state index in [1.807, 2.05) is 6.07 Å². The minimum absolute atomic E-state index is 0.340. The fourth-order valence-electron chi connectivity index (χ4n) is 2.00. The molecule has 0 bridgehead atoms. The summed E-state index contributed by atoms with van der Waals surface area (Å²) in [5, 5.41) is 2.65. The second-order valence-electron chi connectivity index (χ2n) is 6.18. The summed E-state index contributed by atoms with van der Waals surface area (Å²) in [6, 6.07) is 5.19. The van der Waals surface area contributed by atoms with Crippen molar-refractivity contribution in [1.29, 1.82) is 0 Å². The van der Waals surface area contributed by atoms with Crippen molar-refractivity contribution in [2.24, 2.45) is 0 Å². The maximum Gasteiger partial charge on any atom is 0.413 e. The topological polar surface area (TPSA) is 95.5 Å². The van der Waals surface area contributed by atoms with Gasteiger partial charge in [0.15, 0.2) is 0 Å². The fraction of sp³-hybridized carbons (Fsp3) is 0.412. The number of carbonyl (C=O) groups is 1. The predicted molar refractivity (Wildman–Crippen MR) is 92.0 cm³/mol. The zero-order valence-electron chi connectivity index (χ0n) is 15.0. The summed E-state index contributed by atoms with van der Waals surface area (Å²) in [6.45, 7) is 5.38. The molecule has 0 fully saturated rings. The lowest BCUT2D eigenvalue weighted by Gasteiger charge is -2.20. The second kappa shape index (κ2) is 7.78. The van der Waals surface area contributed by atoms with E-state index < -0.39 is 11.7 Å². The van der Waals surface area contributed by atoms with Gasteiger partial charge in [0.05, 0.1) is 20.3 Å². The van der Waals surface area contributed by atoms with Crippen LogP contribution in [0.4, 0.5) is 10.6 Å². The summed E-state index contributed by atoms with van der Waals surface area (Å²) in [7, 11) is 3.04. The van der Waals surface area contributed by atoms with Crippen LogP contribution in [0.5, 0.6) is 11.8 Å². The standard InChI is InChI=1S/C17H22N4O4/c1-17(2,3)25-16(22)21-15-11(7-6-8-18-15)9-12-19-13(23-4)10-14(20-12)24-5/h6-8,10H,9H2,1-5H3,(H,18,21,22). The molecule has 0 saturated carbocycles. The number of ether oxygens (including phenoxy) is 3. The first-order valence-corrected chi connectivity index (χ1v) is 7.70. The lowest BCUT2D eigenvalue weighted by molar-refractivity contribution is 0.0635. The highest BCUT2D eigenvalue weighted by Gasteiger charge is 2.18. The molecule has 134 valence electrons. The van der Waals surface area contributed by atoms with Gasteiger partial charge in [-0.3, -0.25) is 5.32 Å². The first kappa shape index (κ1) is 18.4. The maximum absolute atomic E-state index is 12.0. The summed E-state index contributed by atoms with van der Waals surface area (Å²) in [5.41, 5.74) is 0.145. The Kier molecular flexibility index (Phi) is 5.74. The van der Waals surface area contributed by atoms with Gasteiger partial charge in [-0.1, -0.05) is 6.07 Å². The molecule has 8 nitrogen and oxygen atoms in total. The number of hydrogen-bond donors (Lipinski definition) is 1. The number of methoxy groups -OCH3 is 2. The second-order valence-corrected chi connectivity index (χ2v) is 6.18. The van der Waals surface area contributed by atoms with Crippen LogP contribution in [-0.2, 0) is 11.2 Å². The molecule has 0 aromatic carbocycles. The van der Waals surface area contributed by atoms with Gasteiger partial charge < -0.3 is 14.2 Å². The van der Waals surface area contributed by atoms with Crippen molar-refractivity contribution in [3.05, 3.63) is 35.8 Å². The van der Waals surface area contributed by atoms with Crippen LogP contribution < -0.4 is 14.8 Å². The molecule has 0 spiro atoms. The molecule has 0 atom stereocenters. The van der Waals surface area contributed by atoms with Crippen molar-refractivity contribution in [3.63, 3.8) is 0 Å². The van der Waals surface area contributed by atoms with Crippen molar-refractivity contribution in [2.45, 2.75) is 32.8 Å². The van der Waals surface area contributed by atoms with Crippen molar-refractivity contribution >= 4 is 11.9 Å². The first-order chi connectivity index (χ1) is 11.8. The maximum atomic E-state index is 12.0. The highest BCUT2D eigenvalue weighted by Crippen LogP contribution is 2.20. The molecular formula is C17H22N4O4. The van der Waals surface area contributed by atoms with Gasteiger partial charge in [-0.2, -0.15) is 9.97 Å². The van der Waals surface area contributed by atoms with Gasteiger partial charge in [0.1, 0.15) is 17.2 Å². The van der Waals surface area contributed by atoms with Crippen molar-refractivity contribution in [3.8, 4) is 11.8 Å². The number of nitrogens with zero attached hydrogens (tertiary/aromatic N) is 3. The normalized spacial score (nSPS) is 10.9. The largest absolute Gasteiger partial charge is 0.481 e. The van der Waals surface area contributed by atoms with Gasteiger partial charge in [0.2, 0.25) is 11.8 Å². The lowest BCUT2D eigenvalue weighted by Crippen LogP contribution is -2.27. The van der Waals surface area contributed by atoms with Crippen LogP contribution in [0.1, 0.15) is 32.2 Å². The van der Waals surface area contributed by atoms with E-state index in [4.69, 9.17) is 14.2 Å². The molecule has 0 unspecified atom stereocenters. The lowest BCUT2D eigenvalue weighted by atomic mass is 10.2. The molecule has 2 rings (SSSR count). The molecule has 2 heterocycles. The SMILES string of the molecule is COc1cc(OC)nc(Cc2cccnc2NC(=O)OC(C)(C)C)n1. The van der Waals surface area contributed by atoms with Gasteiger partial charge >= 0.3 is 6.09 Å². The third kappa shape index (κ3) is 5.59. The summed E-state index contributed by atoms with van der Waals surface area (Å²) < 4.78 is 15.6. The Morgan fingerprint density at radius 2 is 1.80 bits per heavy atom. The van der Waals surface area contributed by atoms with Crippen LogP contribution in [0.15, 0.2) is 24.4 Å². The van der Waals surface area contributed by atoms with E-state index in [2.05, 4.69) is 20.3 Å². The Balaban J connectivity index is 2.22. The Morgan fingerprint density at radius 3 is 2.36 bits per heavy atom. The number of hydrogen-bond acceptors (Lipinski definition) is 7. The van der Waals surface area contributed by atoms with E-state index in [9.17, 15) is 4.79 Å². The van der Waals surface area contributed by atoms with Crippen molar-refractivity contribution in [2.75, 3.05) is 19.5 Å². The van der Waals surface area contributed by atoms with Gasteiger partial charge in [0, 0.05) is 18.2 Å². The average Bonchev–Trinajstić information content (AvgIpc) is 2.54. The third-order valence-corrected chi connectivity index (χ3v) is 3.00. The van der Waals surface area contributed by atoms with Gasteiger partial charge in [-0.15, -0.1) is 0 Å². The minimum Gasteiger partial charge on any atom is -0.481 e. The molecule has 25 heavy (non-hydrogen) atoms. The van der Waals surface area contributed by atoms with E-state index in [1.165, 1.54) is 14.2 Å². The Labute approximate surface area is 146 Å². The van der Waals surface area contributed by atoms with Gasteiger partial charge in [0.25, 0.3) is 0 Å². The quantitative estimate of drug-likeness (QED) is 0.889. The van der Waals surface area contributed by atoms with Gasteiger partial charge in [-0.25, -0.2) is 9.78 Å². The van der Waals surface area contributed by atoms with Crippen LogP contribution in [0.2, 0.25) is 0 Å². The first-order valence-electron chi connectivity index (χ1n) is 7.70. The Hall–Kier alpha value is -2.90. The summed E-state index contributed by atoms with van der Waals surface area (Å²) >= 11 is 0. The van der Waals surface area contributed by atoms with E-state index in [0.29, 0.717) is 29.8 Å². The molecule has 0 aliphatic carbocycles. The molecule has 2 aromatic heterocycles. The van der Waals surface area contributed by atoms with E-state index in [1.54, 1.807) is 39.1 Å². The van der Waals surface area contributed by atoms with E-state index in [0.717, 1.165) is 5.56 Å². The van der Waals surface area contributed by atoms with Crippen LogP contribution in [0.3, 0.4) is 0 Å². The molecule has 0 saturated heterocycles. The monoisotopic (exact) mass is 346 g/mol. The van der Waals surface area contributed by atoms with Crippen molar-refractivity contribution < 1.29 is 19.0 Å². The number of anilines is 1. The van der Waals surface area contributed by atoms with E-state index in [-0.39, 0.29) is 0 Å². The zero-order valence-corrected chi connectivity index (χ0v) is 15.0. The van der Waals surface area contributed by atoms with Crippen LogP contribution in [0, 0.1) is 0 Å². The number of pyridine rings is 1. The summed E-state index contributed by atoms with van der Waals surface area (Å²) in [6.07, 6.45) is 1.35. The molecule has 0 radical (unpaired) electrons. The van der Waals surface area contributed by atoms with Crippen LogP contribution in [0.25, 0.3) is 0 Å². The van der Waals surface area contributed by atoms with Gasteiger partial charge in [-0.05, 0) is 26.8 Å². The number of amides is 1. The summed E-state index contributed by atoms with van der Waals surface area (Å²) in [4.78, 5) is 24.8. The minimum atomic E-state index is -0.595. The predicted octanol–water partition coefficient (Wildman–Crippen LogP) is 2.83. The number of nitrogens with one attached hydrogen (secondary N) is 1. The Morgan fingerprint density at radius 1 is 1.16 bits per heavy atom. The van der Waals surface area contributed by atoms with Crippen molar-refractivity contribution in [1.82, 2.24) is 15.0 Å². The number of carbonyl (C=O) groups excluding carboxylic acids is 1. The Bertz CT molecular complexity index is 721. The third-order valence-electron chi connectivity index (χ3n) is 3.00. The smallest absolute Gasteiger partial charge is 0.413 e. The van der Waals surface area contributed by atoms with Crippen LogP contribution >= 0.6 is 0 Å².